The van der Waals surface area contributed by atoms with Crippen LogP contribution in [0.15, 0.2) is 42.5 Å². The van der Waals surface area contributed by atoms with Crippen LogP contribution < -0.4 is 14.8 Å². The molecule has 1 atom stereocenters. The molecule has 0 unspecified atom stereocenters. The number of carbonyl (C=O) groups excluding carboxylic acids is 1. The molecule has 0 saturated carbocycles. The quantitative estimate of drug-likeness (QED) is 0.848. The van der Waals surface area contributed by atoms with Crippen LogP contribution in [-0.2, 0) is 4.79 Å². The number of nitrogens with one attached hydrogen (secondary N) is 1. The topological polar surface area (TPSA) is 47.6 Å². The van der Waals surface area contributed by atoms with Gasteiger partial charge in [-0.25, -0.2) is 0 Å². The number of methoxy groups -OCH3 is 1. The van der Waals surface area contributed by atoms with Crippen LogP contribution in [-0.4, -0.2) is 19.1 Å². The Labute approximate surface area is 143 Å². The largest absolute Gasteiger partial charge is 0.497 e. The first-order chi connectivity index (χ1) is 11.4. The molecule has 0 aromatic heterocycles. The summed E-state index contributed by atoms with van der Waals surface area (Å²) in [5.74, 6) is 1.45. The monoisotopic (exact) mass is 327 g/mol. The fourth-order valence-corrected chi connectivity index (χ4v) is 2.50. The SMILES string of the molecule is COc1cccc(O[C@@H](C)C(=O)Nc2c(C)cccc2C(C)C)c1. The Balaban J connectivity index is 2.12. The van der Waals surface area contributed by atoms with E-state index in [9.17, 15) is 4.79 Å². The van der Waals surface area contributed by atoms with E-state index in [-0.39, 0.29) is 5.91 Å². The highest BCUT2D eigenvalue weighted by Crippen LogP contribution is 2.28. The number of hydrogen-bond acceptors (Lipinski definition) is 3. The maximum atomic E-state index is 12.5. The van der Waals surface area contributed by atoms with Crippen LogP contribution in [0.3, 0.4) is 0 Å². The van der Waals surface area contributed by atoms with Crippen molar-refractivity contribution in [3.8, 4) is 11.5 Å². The summed E-state index contributed by atoms with van der Waals surface area (Å²) in [6.45, 7) is 7.96. The second kappa shape index (κ2) is 7.86. The lowest BCUT2D eigenvalue weighted by Crippen LogP contribution is -2.30. The molecule has 2 aromatic carbocycles. The number of rotatable bonds is 6. The van der Waals surface area contributed by atoms with Gasteiger partial charge in [0.05, 0.1) is 7.11 Å². The molecule has 4 nitrogen and oxygen atoms in total. The van der Waals surface area contributed by atoms with Crippen LogP contribution in [0, 0.1) is 6.92 Å². The molecule has 0 aliphatic heterocycles. The number of anilines is 1. The summed E-state index contributed by atoms with van der Waals surface area (Å²) in [4.78, 5) is 12.5. The summed E-state index contributed by atoms with van der Waals surface area (Å²) < 4.78 is 10.9. The van der Waals surface area contributed by atoms with Crippen molar-refractivity contribution in [2.24, 2.45) is 0 Å². The predicted octanol–water partition coefficient (Wildman–Crippen LogP) is 4.53. The number of amides is 1. The zero-order valence-corrected chi connectivity index (χ0v) is 14.9. The summed E-state index contributed by atoms with van der Waals surface area (Å²) in [6, 6.07) is 13.3. The molecule has 2 rings (SSSR count). The van der Waals surface area contributed by atoms with Crippen LogP contribution in [0.5, 0.6) is 11.5 Å². The summed E-state index contributed by atoms with van der Waals surface area (Å²) in [6.07, 6.45) is -0.614. The minimum absolute atomic E-state index is 0.172. The van der Waals surface area contributed by atoms with Gasteiger partial charge in [0.15, 0.2) is 6.10 Å². The second-order valence-corrected chi connectivity index (χ2v) is 6.12. The molecule has 0 spiro atoms. The highest BCUT2D eigenvalue weighted by Gasteiger charge is 2.18. The first kappa shape index (κ1) is 17.9. The van der Waals surface area contributed by atoms with Crippen molar-refractivity contribution in [2.45, 2.75) is 39.7 Å². The van der Waals surface area contributed by atoms with Gasteiger partial charge < -0.3 is 14.8 Å². The Morgan fingerprint density at radius 3 is 2.38 bits per heavy atom. The summed E-state index contributed by atoms with van der Waals surface area (Å²) in [7, 11) is 1.60. The van der Waals surface area contributed by atoms with Gasteiger partial charge in [0, 0.05) is 11.8 Å². The first-order valence-electron chi connectivity index (χ1n) is 8.13. The van der Waals surface area contributed by atoms with E-state index in [0.29, 0.717) is 17.4 Å². The van der Waals surface area contributed by atoms with Gasteiger partial charge in [0.25, 0.3) is 5.91 Å². The summed E-state index contributed by atoms with van der Waals surface area (Å²) >= 11 is 0. The molecule has 0 aliphatic rings. The molecule has 0 radical (unpaired) electrons. The van der Waals surface area contributed by atoms with Gasteiger partial charge in [-0.05, 0) is 43.0 Å². The standard InChI is InChI=1S/C20H25NO3/c1-13(2)18-11-6-8-14(3)19(18)21-20(22)15(4)24-17-10-7-9-16(12-17)23-5/h6-13,15H,1-5H3,(H,21,22)/t15-/m0/s1. The molecule has 0 heterocycles. The van der Waals surface area contributed by atoms with Crippen molar-refractivity contribution in [1.82, 2.24) is 0 Å². The average molecular weight is 327 g/mol. The number of ether oxygens (including phenoxy) is 2. The number of para-hydroxylation sites is 1. The van der Waals surface area contributed by atoms with Crippen LogP contribution in [0.4, 0.5) is 5.69 Å². The van der Waals surface area contributed by atoms with Crippen molar-refractivity contribution in [2.75, 3.05) is 12.4 Å². The normalized spacial score (nSPS) is 11.9. The number of carbonyl (C=O) groups is 1. The minimum Gasteiger partial charge on any atom is -0.497 e. The van der Waals surface area contributed by atoms with E-state index in [1.165, 1.54) is 0 Å². The third-order valence-electron chi connectivity index (χ3n) is 3.90. The Bertz CT molecular complexity index is 710. The van der Waals surface area contributed by atoms with Gasteiger partial charge in [0.1, 0.15) is 11.5 Å². The van der Waals surface area contributed by atoms with Crippen LogP contribution in [0.25, 0.3) is 0 Å². The molecule has 0 bridgehead atoms. The highest BCUT2D eigenvalue weighted by molar-refractivity contribution is 5.95. The van der Waals surface area contributed by atoms with Gasteiger partial charge in [-0.15, -0.1) is 0 Å². The molecule has 0 aliphatic carbocycles. The first-order valence-corrected chi connectivity index (χ1v) is 8.13. The summed E-state index contributed by atoms with van der Waals surface area (Å²) in [5, 5.41) is 3.01. The molecular formula is C20H25NO3. The number of aryl methyl sites for hydroxylation is 1. The van der Waals surface area contributed by atoms with Crippen LogP contribution >= 0.6 is 0 Å². The van der Waals surface area contributed by atoms with E-state index >= 15 is 0 Å². The maximum absolute atomic E-state index is 12.5. The van der Waals surface area contributed by atoms with Gasteiger partial charge in [-0.1, -0.05) is 38.1 Å². The van der Waals surface area contributed by atoms with E-state index < -0.39 is 6.10 Å². The number of benzene rings is 2. The van der Waals surface area contributed by atoms with E-state index in [1.54, 1.807) is 26.2 Å². The van der Waals surface area contributed by atoms with Crippen molar-refractivity contribution >= 4 is 11.6 Å². The van der Waals surface area contributed by atoms with Gasteiger partial charge in [-0.2, -0.15) is 0 Å². The average Bonchev–Trinajstić information content (AvgIpc) is 2.56. The molecule has 1 amide bonds. The van der Waals surface area contributed by atoms with Gasteiger partial charge >= 0.3 is 0 Å². The van der Waals surface area contributed by atoms with Crippen LogP contribution in [0.2, 0.25) is 0 Å². The Hall–Kier alpha value is -2.49. The van der Waals surface area contributed by atoms with E-state index in [4.69, 9.17) is 9.47 Å². The van der Waals surface area contributed by atoms with Crippen molar-refractivity contribution in [3.63, 3.8) is 0 Å². The number of hydrogen-bond donors (Lipinski definition) is 1. The molecule has 1 N–H and O–H groups in total. The van der Waals surface area contributed by atoms with Gasteiger partial charge in [-0.3, -0.25) is 4.79 Å². The molecule has 2 aromatic rings. The van der Waals surface area contributed by atoms with Gasteiger partial charge in [0.2, 0.25) is 0 Å². The van der Waals surface area contributed by atoms with Crippen molar-refractivity contribution in [3.05, 3.63) is 53.6 Å². The molecule has 0 saturated heterocycles. The molecule has 24 heavy (non-hydrogen) atoms. The summed E-state index contributed by atoms with van der Waals surface area (Å²) in [5.41, 5.74) is 3.04. The third-order valence-corrected chi connectivity index (χ3v) is 3.90. The lowest BCUT2D eigenvalue weighted by atomic mass is 9.98. The molecule has 4 heteroatoms. The zero-order valence-electron chi connectivity index (χ0n) is 14.9. The van der Waals surface area contributed by atoms with E-state index in [2.05, 4.69) is 19.2 Å². The maximum Gasteiger partial charge on any atom is 0.265 e. The Morgan fingerprint density at radius 2 is 1.71 bits per heavy atom. The molecule has 128 valence electrons. The van der Waals surface area contributed by atoms with E-state index in [0.717, 1.165) is 16.8 Å². The lowest BCUT2D eigenvalue weighted by molar-refractivity contribution is -0.122. The Kier molecular flexibility index (Phi) is 5.85. The lowest BCUT2D eigenvalue weighted by Gasteiger charge is -2.19. The predicted molar refractivity (Wildman–Crippen MR) is 97.0 cm³/mol. The minimum atomic E-state index is -0.614. The molecular weight excluding hydrogens is 302 g/mol. The zero-order chi connectivity index (χ0) is 17.7. The third kappa shape index (κ3) is 4.28. The fraction of sp³-hybridized carbons (Fsp3) is 0.350. The van der Waals surface area contributed by atoms with Crippen LogP contribution in [0.1, 0.15) is 37.8 Å². The molecule has 0 fully saturated rings. The highest BCUT2D eigenvalue weighted by atomic mass is 16.5. The van der Waals surface area contributed by atoms with Crippen molar-refractivity contribution < 1.29 is 14.3 Å². The second-order valence-electron chi connectivity index (χ2n) is 6.12. The van der Waals surface area contributed by atoms with Crippen molar-refractivity contribution in [1.29, 1.82) is 0 Å². The fourth-order valence-electron chi connectivity index (χ4n) is 2.50. The Morgan fingerprint density at radius 1 is 1.04 bits per heavy atom. The van der Waals surface area contributed by atoms with E-state index in [1.807, 2.05) is 37.3 Å². The smallest absolute Gasteiger partial charge is 0.265 e.